The summed E-state index contributed by atoms with van der Waals surface area (Å²) in [6, 6.07) is 6.14. The highest BCUT2D eigenvalue weighted by atomic mass is 35.5. The van der Waals surface area contributed by atoms with E-state index in [1.165, 1.54) is 0 Å². The number of hydrogen-bond donors (Lipinski definition) is 1. The lowest BCUT2D eigenvalue weighted by molar-refractivity contribution is 0.202. The molecule has 1 N–H and O–H groups in total. The van der Waals surface area contributed by atoms with E-state index in [-0.39, 0.29) is 6.61 Å². The maximum Gasteiger partial charge on any atom is 0.0702 e. The molecule has 0 fully saturated rings. The van der Waals surface area contributed by atoms with Gasteiger partial charge in [-0.3, -0.25) is 0 Å². The lowest BCUT2D eigenvalue weighted by atomic mass is 10.1. The third-order valence-electron chi connectivity index (χ3n) is 3.44. The van der Waals surface area contributed by atoms with Crippen molar-refractivity contribution in [3.05, 3.63) is 28.8 Å². The molecule has 0 bridgehead atoms. The molecule has 1 aromatic carbocycles. The molecule has 0 atom stereocenters. The molecule has 0 aliphatic carbocycles. The summed E-state index contributed by atoms with van der Waals surface area (Å²) in [6.45, 7) is 5.85. The zero-order chi connectivity index (χ0) is 14.3. The van der Waals surface area contributed by atoms with Gasteiger partial charge < -0.3 is 14.7 Å². The Bertz CT molecular complexity index is 380. The van der Waals surface area contributed by atoms with Gasteiger partial charge in [0.1, 0.15) is 0 Å². The van der Waals surface area contributed by atoms with Gasteiger partial charge in [-0.25, -0.2) is 0 Å². The quantitative estimate of drug-likeness (QED) is 0.794. The summed E-state index contributed by atoms with van der Waals surface area (Å²) in [7, 11) is 1.71. The lowest BCUT2D eigenvalue weighted by Gasteiger charge is -2.34. The van der Waals surface area contributed by atoms with Gasteiger partial charge in [-0.05, 0) is 31.0 Å². The smallest absolute Gasteiger partial charge is 0.0702 e. The van der Waals surface area contributed by atoms with Crippen LogP contribution in [0.25, 0.3) is 0 Å². The van der Waals surface area contributed by atoms with E-state index in [4.69, 9.17) is 16.3 Å². The van der Waals surface area contributed by atoms with Crippen molar-refractivity contribution in [3.63, 3.8) is 0 Å². The number of rotatable bonds is 8. The Morgan fingerprint density at radius 2 is 2.00 bits per heavy atom. The van der Waals surface area contributed by atoms with Crippen molar-refractivity contribution in [2.75, 3.05) is 25.2 Å². The number of benzene rings is 1. The predicted octanol–water partition coefficient (Wildman–Crippen LogP) is 3.47. The van der Waals surface area contributed by atoms with Crippen LogP contribution in [0.2, 0.25) is 5.02 Å². The number of hydrogen-bond acceptors (Lipinski definition) is 3. The van der Waals surface area contributed by atoms with Crippen LogP contribution in [-0.4, -0.2) is 31.4 Å². The van der Waals surface area contributed by atoms with Crippen LogP contribution in [0.3, 0.4) is 0 Å². The summed E-state index contributed by atoms with van der Waals surface area (Å²) < 4.78 is 5.20. The van der Waals surface area contributed by atoms with E-state index >= 15 is 0 Å². The summed E-state index contributed by atoms with van der Waals surface area (Å²) in [5.74, 6) is 0. The van der Waals surface area contributed by atoms with Crippen molar-refractivity contribution in [1.29, 1.82) is 0 Å². The van der Waals surface area contributed by atoms with Crippen LogP contribution in [0.5, 0.6) is 0 Å². The van der Waals surface area contributed by atoms with E-state index in [9.17, 15) is 5.11 Å². The summed E-state index contributed by atoms with van der Waals surface area (Å²) in [5.41, 5.74) is 1.92. The zero-order valence-corrected chi connectivity index (χ0v) is 12.8. The van der Waals surface area contributed by atoms with Crippen molar-refractivity contribution in [2.24, 2.45) is 0 Å². The molecule has 0 amide bonds. The second-order valence-corrected chi connectivity index (χ2v) is 5.02. The standard InChI is InChI=1S/C15H24ClNO2/c1-4-14(5-2)17(8-9-19-3)15-7-6-13(16)10-12(15)11-18/h6-7,10,14,18H,4-5,8-9,11H2,1-3H3. The minimum absolute atomic E-state index is 0.000472. The summed E-state index contributed by atoms with van der Waals surface area (Å²) >= 11 is 6.00. The third kappa shape index (κ3) is 4.37. The summed E-state index contributed by atoms with van der Waals surface area (Å²) in [4.78, 5) is 2.31. The largest absolute Gasteiger partial charge is 0.392 e. The zero-order valence-electron chi connectivity index (χ0n) is 12.0. The first-order chi connectivity index (χ1) is 9.17. The second kappa shape index (κ2) is 8.41. The second-order valence-electron chi connectivity index (χ2n) is 4.59. The molecular weight excluding hydrogens is 262 g/mol. The Morgan fingerprint density at radius 1 is 1.32 bits per heavy atom. The molecule has 1 aromatic rings. The van der Waals surface area contributed by atoms with E-state index in [1.807, 2.05) is 18.2 Å². The third-order valence-corrected chi connectivity index (χ3v) is 3.68. The van der Waals surface area contributed by atoms with Crippen LogP contribution in [0.15, 0.2) is 18.2 Å². The molecule has 0 saturated heterocycles. The SMILES string of the molecule is CCC(CC)N(CCOC)c1ccc(Cl)cc1CO. The number of ether oxygens (including phenoxy) is 1. The Morgan fingerprint density at radius 3 is 2.53 bits per heavy atom. The number of anilines is 1. The van der Waals surface area contributed by atoms with Crippen molar-refractivity contribution in [1.82, 2.24) is 0 Å². The maximum absolute atomic E-state index is 9.53. The molecule has 0 spiro atoms. The molecule has 0 unspecified atom stereocenters. The maximum atomic E-state index is 9.53. The molecule has 0 aliphatic rings. The van der Waals surface area contributed by atoms with Crippen LogP contribution < -0.4 is 4.90 Å². The highest BCUT2D eigenvalue weighted by Crippen LogP contribution is 2.27. The van der Waals surface area contributed by atoms with Gasteiger partial charge in [0.15, 0.2) is 0 Å². The molecule has 108 valence electrons. The lowest BCUT2D eigenvalue weighted by Crippen LogP contribution is -2.37. The highest BCUT2D eigenvalue weighted by Gasteiger charge is 2.18. The average molecular weight is 286 g/mol. The van der Waals surface area contributed by atoms with E-state index in [1.54, 1.807) is 7.11 Å². The van der Waals surface area contributed by atoms with Crippen molar-refractivity contribution in [3.8, 4) is 0 Å². The van der Waals surface area contributed by atoms with Crippen molar-refractivity contribution in [2.45, 2.75) is 39.3 Å². The topological polar surface area (TPSA) is 32.7 Å². The Balaban J connectivity index is 3.08. The van der Waals surface area contributed by atoms with E-state index in [2.05, 4.69) is 18.7 Å². The molecule has 0 saturated carbocycles. The van der Waals surface area contributed by atoms with Gasteiger partial charge in [-0.15, -0.1) is 0 Å². The number of halogens is 1. The fourth-order valence-electron chi connectivity index (χ4n) is 2.38. The molecule has 19 heavy (non-hydrogen) atoms. The van der Waals surface area contributed by atoms with Crippen LogP contribution in [0, 0.1) is 0 Å². The van der Waals surface area contributed by atoms with Crippen LogP contribution >= 0.6 is 11.6 Å². The fourth-order valence-corrected chi connectivity index (χ4v) is 2.57. The predicted molar refractivity (Wildman–Crippen MR) is 81.0 cm³/mol. The molecule has 0 aliphatic heterocycles. The molecule has 3 nitrogen and oxygen atoms in total. The molecule has 1 rings (SSSR count). The van der Waals surface area contributed by atoms with Gasteiger partial charge in [-0.1, -0.05) is 25.4 Å². The Labute approximate surface area is 121 Å². The number of nitrogens with zero attached hydrogens (tertiary/aromatic N) is 1. The average Bonchev–Trinajstić information content (AvgIpc) is 2.43. The minimum Gasteiger partial charge on any atom is -0.392 e. The van der Waals surface area contributed by atoms with Crippen LogP contribution in [-0.2, 0) is 11.3 Å². The molecule has 0 radical (unpaired) electrons. The Hall–Kier alpha value is -0.770. The fraction of sp³-hybridized carbons (Fsp3) is 0.600. The van der Waals surface area contributed by atoms with Gasteiger partial charge >= 0.3 is 0 Å². The van der Waals surface area contributed by atoms with Crippen molar-refractivity contribution >= 4 is 17.3 Å². The molecule has 4 heteroatoms. The molecule has 0 aromatic heterocycles. The first-order valence-electron chi connectivity index (χ1n) is 6.82. The first-order valence-corrected chi connectivity index (χ1v) is 7.20. The summed E-state index contributed by atoms with van der Waals surface area (Å²) in [5, 5.41) is 10.2. The van der Waals surface area contributed by atoms with E-state index in [0.717, 1.165) is 30.6 Å². The number of aliphatic hydroxyl groups excluding tert-OH is 1. The van der Waals surface area contributed by atoms with Gasteiger partial charge in [0, 0.05) is 36.0 Å². The van der Waals surface area contributed by atoms with Crippen LogP contribution in [0.1, 0.15) is 32.3 Å². The van der Waals surface area contributed by atoms with Crippen LogP contribution in [0.4, 0.5) is 5.69 Å². The van der Waals surface area contributed by atoms with Gasteiger partial charge in [0.05, 0.1) is 13.2 Å². The number of methoxy groups -OCH3 is 1. The van der Waals surface area contributed by atoms with Crippen molar-refractivity contribution < 1.29 is 9.84 Å². The van der Waals surface area contributed by atoms with Gasteiger partial charge in [0.25, 0.3) is 0 Å². The normalized spacial score (nSPS) is 11.1. The first kappa shape index (κ1) is 16.3. The Kier molecular flexibility index (Phi) is 7.21. The van der Waals surface area contributed by atoms with Gasteiger partial charge in [-0.2, -0.15) is 0 Å². The number of aliphatic hydroxyl groups is 1. The minimum atomic E-state index is -0.000472. The molecule has 0 heterocycles. The van der Waals surface area contributed by atoms with E-state index < -0.39 is 0 Å². The summed E-state index contributed by atoms with van der Waals surface area (Å²) in [6.07, 6.45) is 2.13. The highest BCUT2D eigenvalue weighted by molar-refractivity contribution is 6.30. The monoisotopic (exact) mass is 285 g/mol. The van der Waals surface area contributed by atoms with E-state index in [0.29, 0.717) is 17.7 Å². The molecular formula is C15H24ClNO2. The van der Waals surface area contributed by atoms with Gasteiger partial charge in [0.2, 0.25) is 0 Å².